The van der Waals surface area contributed by atoms with E-state index in [-0.39, 0.29) is 5.91 Å². The van der Waals surface area contributed by atoms with Crippen molar-refractivity contribution in [3.8, 4) is 11.1 Å². The van der Waals surface area contributed by atoms with Gasteiger partial charge in [0.15, 0.2) is 0 Å². The van der Waals surface area contributed by atoms with Gasteiger partial charge in [-0.3, -0.25) is 15.2 Å². The summed E-state index contributed by atoms with van der Waals surface area (Å²) in [4.78, 5) is 21.5. The van der Waals surface area contributed by atoms with E-state index < -0.39 is 17.7 Å². The Balaban J connectivity index is 0.000000479. The van der Waals surface area contributed by atoms with Crippen molar-refractivity contribution in [3.05, 3.63) is 42.2 Å². The lowest BCUT2D eigenvalue weighted by Crippen LogP contribution is -2.53. The zero-order valence-electron chi connectivity index (χ0n) is 18.8. The van der Waals surface area contributed by atoms with Gasteiger partial charge in [0.05, 0.1) is 11.7 Å². The molecule has 10 heteroatoms. The van der Waals surface area contributed by atoms with Crippen molar-refractivity contribution < 1.29 is 27.9 Å². The number of nitrogens with zero attached hydrogens (tertiary/aromatic N) is 1. The Bertz CT molecular complexity index is 893. The third-order valence-electron chi connectivity index (χ3n) is 5.58. The highest BCUT2D eigenvalue weighted by Crippen LogP contribution is 2.23. The van der Waals surface area contributed by atoms with Crippen molar-refractivity contribution in [3.63, 3.8) is 0 Å². The second-order valence-corrected chi connectivity index (χ2v) is 8.68. The second kappa shape index (κ2) is 11.8. The van der Waals surface area contributed by atoms with E-state index in [1.807, 2.05) is 32.3 Å². The lowest BCUT2D eigenvalue weighted by molar-refractivity contribution is -0.192. The Hall–Kier alpha value is -2.88. The summed E-state index contributed by atoms with van der Waals surface area (Å²) >= 11 is 0. The van der Waals surface area contributed by atoms with E-state index in [1.54, 1.807) is 0 Å². The summed E-state index contributed by atoms with van der Waals surface area (Å²) in [5.41, 5.74) is 2.74. The normalized spacial score (nSPS) is 14.8. The van der Waals surface area contributed by atoms with Crippen LogP contribution >= 0.6 is 0 Å². The number of hydrogen-bond donors (Lipinski definition) is 4. The van der Waals surface area contributed by atoms with Gasteiger partial charge in [0.25, 0.3) is 0 Å². The van der Waals surface area contributed by atoms with Crippen LogP contribution in [0, 0.1) is 5.92 Å². The lowest BCUT2D eigenvalue weighted by atomic mass is 9.89. The number of carbonyl (C=O) groups excluding carboxylic acids is 1. The van der Waals surface area contributed by atoms with E-state index in [2.05, 4.69) is 39.0 Å². The smallest absolute Gasteiger partial charge is 0.475 e. The van der Waals surface area contributed by atoms with Crippen LogP contribution in [0.3, 0.4) is 0 Å². The van der Waals surface area contributed by atoms with Crippen molar-refractivity contribution in [1.29, 1.82) is 0 Å². The minimum Gasteiger partial charge on any atom is -0.475 e. The van der Waals surface area contributed by atoms with Crippen molar-refractivity contribution in [1.82, 2.24) is 20.8 Å². The maximum atomic E-state index is 12.6. The first-order chi connectivity index (χ1) is 15.5. The van der Waals surface area contributed by atoms with Crippen molar-refractivity contribution >= 4 is 11.9 Å². The van der Waals surface area contributed by atoms with E-state index in [0.717, 1.165) is 23.2 Å². The molecule has 4 N–H and O–H groups in total. The summed E-state index contributed by atoms with van der Waals surface area (Å²) in [6.45, 7) is 5.35. The van der Waals surface area contributed by atoms with E-state index in [0.29, 0.717) is 12.5 Å². The molecule has 7 nitrogen and oxygen atoms in total. The minimum absolute atomic E-state index is 0.0778. The maximum absolute atomic E-state index is 12.6. The Labute approximate surface area is 191 Å². The van der Waals surface area contributed by atoms with Crippen LogP contribution in [0.4, 0.5) is 13.2 Å². The van der Waals surface area contributed by atoms with E-state index in [1.165, 1.54) is 32.1 Å². The molecule has 1 saturated carbocycles. The van der Waals surface area contributed by atoms with E-state index >= 15 is 0 Å². The number of amides is 1. The number of H-pyrrole nitrogens is 1. The van der Waals surface area contributed by atoms with Gasteiger partial charge in [0.1, 0.15) is 0 Å². The van der Waals surface area contributed by atoms with Gasteiger partial charge in [0, 0.05) is 24.8 Å². The van der Waals surface area contributed by atoms with Gasteiger partial charge in [-0.2, -0.15) is 18.3 Å². The number of aromatic nitrogens is 2. The molecular formula is C23H31F3N4O3. The highest BCUT2D eigenvalue weighted by atomic mass is 19.4. The zero-order chi connectivity index (χ0) is 24.5. The maximum Gasteiger partial charge on any atom is 0.490 e. The first kappa shape index (κ1) is 26.4. The number of aromatic amines is 1. The summed E-state index contributed by atoms with van der Waals surface area (Å²) in [7, 11) is 0. The molecule has 0 spiro atoms. The number of benzene rings is 1. The highest BCUT2D eigenvalue weighted by Gasteiger charge is 2.38. The molecule has 1 heterocycles. The molecule has 0 unspecified atom stereocenters. The number of alkyl halides is 3. The Morgan fingerprint density at radius 1 is 1.15 bits per heavy atom. The quantitative estimate of drug-likeness (QED) is 0.485. The van der Waals surface area contributed by atoms with Gasteiger partial charge in [-0.25, -0.2) is 4.79 Å². The molecule has 1 aromatic carbocycles. The number of carboxylic acids is 1. The standard InChI is InChI=1S/C21H30N4O.C2HF3O2/c1-21(2,20(26)22-12-16-7-4-3-5-8-16)23-13-17-9-6-10-18(11-17)19-14-24-25-15-19;3-2(4,5)1(6)7/h6,9-11,14-16,23H,3-5,7-8,12-13H2,1-2H3,(H,22,26)(H,24,25);(H,6,7). The van der Waals surface area contributed by atoms with Crippen LogP contribution in [-0.4, -0.2) is 45.4 Å². The van der Waals surface area contributed by atoms with Crippen molar-refractivity contribution in [2.75, 3.05) is 6.54 Å². The molecule has 1 amide bonds. The first-order valence-electron chi connectivity index (χ1n) is 10.9. The molecule has 0 atom stereocenters. The molecule has 0 radical (unpaired) electrons. The third-order valence-corrected chi connectivity index (χ3v) is 5.58. The third kappa shape index (κ3) is 8.88. The fraction of sp³-hybridized carbons (Fsp3) is 0.522. The first-order valence-corrected chi connectivity index (χ1v) is 10.9. The molecule has 182 valence electrons. The van der Waals surface area contributed by atoms with Gasteiger partial charge < -0.3 is 10.4 Å². The summed E-state index contributed by atoms with van der Waals surface area (Å²) in [5, 5.41) is 20.5. The molecule has 1 aliphatic rings. The molecular weight excluding hydrogens is 437 g/mol. The summed E-state index contributed by atoms with van der Waals surface area (Å²) in [5.74, 6) is -2.03. The lowest BCUT2D eigenvalue weighted by Gasteiger charge is -2.28. The number of carbonyl (C=O) groups is 2. The largest absolute Gasteiger partial charge is 0.490 e. The van der Waals surface area contributed by atoms with Crippen LogP contribution in [0.2, 0.25) is 0 Å². The van der Waals surface area contributed by atoms with Gasteiger partial charge >= 0.3 is 12.1 Å². The molecule has 33 heavy (non-hydrogen) atoms. The van der Waals surface area contributed by atoms with Gasteiger partial charge in [0.2, 0.25) is 5.91 Å². The molecule has 2 aromatic rings. The van der Waals surface area contributed by atoms with E-state index in [9.17, 15) is 18.0 Å². The molecule has 0 bridgehead atoms. The number of rotatable bonds is 7. The molecule has 1 fully saturated rings. The molecule has 0 aliphatic heterocycles. The average Bonchev–Trinajstić information content (AvgIpc) is 3.32. The van der Waals surface area contributed by atoms with Crippen LogP contribution in [0.5, 0.6) is 0 Å². The molecule has 3 rings (SSSR count). The summed E-state index contributed by atoms with van der Waals surface area (Å²) in [6, 6.07) is 8.31. The van der Waals surface area contributed by atoms with Crippen LogP contribution < -0.4 is 10.6 Å². The van der Waals surface area contributed by atoms with Crippen molar-refractivity contribution in [2.24, 2.45) is 5.92 Å². The number of carboxylic acid groups (broad SMARTS) is 1. The van der Waals surface area contributed by atoms with Gasteiger partial charge in [-0.05, 0) is 49.8 Å². The van der Waals surface area contributed by atoms with Crippen molar-refractivity contribution in [2.45, 2.75) is 64.2 Å². The fourth-order valence-corrected chi connectivity index (χ4v) is 3.52. The average molecular weight is 469 g/mol. The van der Waals surface area contributed by atoms with Crippen LogP contribution in [0.15, 0.2) is 36.7 Å². The predicted octanol–water partition coefficient (Wildman–Crippen LogP) is 4.27. The number of nitrogens with one attached hydrogen (secondary N) is 3. The second-order valence-electron chi connectivity index (χ2n) is 8.68. The van der Waals surface area contributed by atoms with E-state index in [4.69, 9.17) is 9.90 Å². The highest BCUT2D eigenvalue weighted by molar-refractivity contribution is 5.85. The molecule has 0 saturated heterocycles. The summed E-state index contributed by atoms with van der Waals surface area (Å²) < 4.78 is 31.7. The Kier molecular flexibility index (Phi) is 9.45. The number of aliphatic carboxylic acids is 1. The monoisotopic (exact) mass is 468 g/mol. The van der Waals surface area contributed by atoms with Crippen LogP contribution in [-0.2, 0) is 16.1 Å². The van der Waals surface area contributed by atoms with Crippen LogP contribution in [0.25, 0.3) is 11.1 Å². The van der Waals surface area contributed by atoms with Crippen LogP contribution in [0.1, 0.15) is 51.5 Å². The molecule has 1 aromatic heterocycles. The summed E-state index contributed by atoms with van der Waals surface area (Å²) in [6.07, 6.45) is 5.05. The van der Waals surface area contributed by atoms with Gasteiger partial charge in [-0.15, -0.1) is 0 Å². The minimum atomic E-state index is -5.08. The Morgan fingerprint density at radius 3 is 2.39 bits per heavy atom. The predicted molar refractivity (Wildman–Crippen MR) is 118 cm³/mol. The SMILES string of the molecule is CC(C)(NCc1cccc(-c2cn[nH]c2)c1)C(=O)NCC1CCCCC1.O=C(O)C(F)(F)F. The molecule has 1 aliphatic carbocycles. The number of halogens is 3. The zero-order valence-corrected chi connectivity index (χ0v) is 18.8. The van der Waals surface area contributed by atoms with Gasteiger partial charge in [-0.1, -0.05) is 37.5 Å². The number of hydrogen-bond acceptors (Lipinski definition) is 4. The Morgan fingerprint density at radius 2 is 1.82 bits per heavy atom. The fourth-order valence-electron chi connectivity index (χ4n) is 3.52. The topological polar surface area (TPSA) is 107 Å².